The van der Waals surface area contributed by atoms with E-state index in [4.69, 9.17) is 0 Å². The van der Waals surface area contributed by atoms with Crippen molar-refractivity contribution < 1.29 is 0 Å². The number of thiophene rings is 1. The Labute approximate surface area is 113 Å². The Kier molecular flexibility index (Phi) is 3.31. The average Bonchev–Trinajstić information content (AvgIpc) is 2.92. The number of aromatic nitrogens is 2. The molecule has 1 N–H and O–H groups in total. The predicted molar refractivity (Wildman–Crippen MR) is 73.1 cm³/mol. The summed E-state index contributed by atoms with van der Waals surface area (Å²) in [5, 5.41) is 5.59. The predicted octanol–water partition coefficient (Wildman–Crippen LogP) is 3.33. The van der Waals surface area contributed by atoms with Gasteiger partial charge in [0.1, 0.15) is 0 Å². The van der Waals surface area contributed by atoms with Gasteiger partial charge in [0, 0.05) is 40.1 Å². The van der Waals surface area contributed by atoms with Crippen LogP contribution in [0.5, 0.6) is 0 Å². The molecule has 17 heavy (non-hydrogen) atoms. The second-order valence-corrected chi connectivity index (χ2v) is 6.27. The molecule has 0 saturated heterocycles. The molecule has 1 aliphatic carbocycles. The van der Waals surface area contributed by atoms with Gasteiger partial charge in [-0.05, 0) is 34.8 Å². The Morgan fingerprint density at radius 3 is 3.06 bits per heavy atom. The van der Waals surface area contributed by atoms with Gasteiger partial charge in [0.25, 0.3) is 0 Å². The first-order valence-electron chi connectivity index (χ1n) is 5.77. The van der Waals surface area contributed by atoms with Gasteiger partial charge in [0.2, 0.25) is 0 Å². The van der Waals surface area contributed by atoms with Gasteiger partial charge in [-0.1, -0.05) is 0 Å². The molecule has 3 nitrogen and oxygen atoms in total. The summed E-state index contributed by atoms with van der Waals surface area (Å²) in [5.41, 5.74) is 1.29. The first kappa shape index (κ1) is 11.4. The first-order chi connectivity index (χ1) is 8.33. The fraction of sp³-hybridized carbons (Fsp3) is 0.417. The van der Waals surface area contributed by atoms with Crippen LogP contribution in [0.25, 0.3) is 0 Å². The van der Waals surface area contributed by atoms with Crippen LogP contribution in [-0.2, 0) is 13.1 Å². The highest BCUT2D eigenvalue weighted by atomic mass is 79.9. The number of rotatable bonds is 5. The van der Waals surface area contributed by atoms with Crippen molar-refractivity contribution in [3.63, 3.8) is 0 Å². The lowest BCUT2D eigenvalue weighted by molar-refractivity contribution is 0.624. The zero-order chi connectivity index (χ0) is 11.7. The van der Waals surface area contributed by atoms with Crippen molar-refractivity contribution >= 4 is 27.3 Å². The van der Waals surface area contributed by atoms with Crippen LogP contribution in [0, 0.1) is 0 Å². The molecule has 1 aliphatic rings. The van der Waals surface area contributed by atoms with Crippen LogP contribution in [-0.4, -0.2) is 9.55 Å². The molecule has 2 heterocycles. The first-order valence-corrected chi connectivity index (χ1v) is 7.44. The Bertz CT molecular complexity index is 501. The van der Waals surface area contributed by atoms with E-state index < -0.39 is 0 Å². The van der Waals surface area contributed by atoms with Crippen molar-refractivity contribution in [2.75, 3.05) is 0 Å². The fourth-order valence-electron chi connectivity index (χ4n) is 1.91. The molecular weight excluding hydrogens is 298 g/mol. The molecule has 0 aliphatic heterocycles. The minimum atomic E-state index is 0.713. The van der Waals surface area contributed by atoms with Gasteiger partial charge in [-0.2, -0.15) is 0 Å². The van der Waals surface area contributed by atoms with E-state index in [0.29, 0.717) is 6.04 Å². The fourth-order valence-corrected chi connectivity index (χ4v) is 3.33. The molecule has 90 valence electrons. The molecule has 0 aromatic carbocycles. The van der Waals surface area contributed by atoms with Gasteiger partial charge in [0.15, 0.2) is 0 Å². The van der Waals surface area contributed by atoms with E-state index in [1.165, 1.54) is 27.9 Å². The summed E-state index contributed by atoms with van der Waals surface area (Å²) in [6.45, 7) is 1.82. The molecule has 0 amide bonds. The third-order valence-electron chi connectivity index (χ3n) is 2.91. The van der Waals surface area contributed by atoms with E-state index in [9.17, 15) is 0 Å². The minimum absolute atomic E-state index is 0.713. The second kappa shape index (κ2) is 4.92. The average molecular weight is 312 g/mol. The highest BCUT2D eigenvalue weighted by molar-refractivity contribution is 9.10. The van der Waals surface area contributed by atoms with E-state index in [2.05, 4.69) is 42.2 Å². The molecule has 0 bridgehead atoms. The molecular formula is C12H14BrN3S. The summed E-state index contributed by atoms with van der Waals surface area (Å²) < 4.78 is 3.47. The topological polar surface area (TPSA) is 29.9 Å². The lowest BCUT2D eigenvalue weighted by Gasteiger charge is -2.07. The monoisotopic (exact) mass is 311 g/mol. The third-order valence-corrected chi connectivity index (χ3v) is 4.61. The van der Waals surface area contributed by atoms with Crippen molar-refractivity contribution in [2.45, 2.75) is 32.0 Å². The third kappa shape index (κ3) is 2.78. The summed E-state index contributed by atoms with van der Waals surface area (Å²) in [4.78, 5) is 5.59. The van der Waals surface area contributed by atoms with Crippen LogP contribution in [0.3, 0.4) is 0 Å². The van der Waals surface area contributed by atoms with E-state index in [-0.39, 0.29) is 0 Å². The van der Waals surface area contributed by atoms with E-state index in [1.807, 2.05) is 12.5 Å². The Hall–Kier alpha value is -0.650. The van der Waals surface area contributed by atoms with Crippen LogP contribution in [0.15, 0.2) is 28.4 Å². The normalized spacial score (nSPS) is 15.4. The van der Waals surface area contributed by atoms with Crippen LogP contribution in [0.2, 0.25) is 0 Å². The number of nitrogens with one attached hydrogen (secondary N) is 1. The highest BCUT2D eigenvalue weighted by Gasteiger charge is 2.24. The maximum atomic E-state index is 4.23. The number of imidazole rings is 1. The Morgan fingerprint density at radius 2 is 2.35 bits per heavy atom. The van der Waals surface area contributed by atoms with Gasteiger partial charge in [0.05, 0.1) is 12.0 Å². The molecule has 0 unspecified atom stereocenters. The van der Waals surface area contributed by atoms with E-state index in [0.717, 1.165) is 13.1 Å². The maximum Gasteiger partial charge on any atom is 0.0951 e. The molecule has 3 rings (SSSR count). The Morgan fingerprint density at radius 1 is 1.47 bits per heavy atom. The van der Waals surface area contributed by atoms with Crippen LogP contribution in [0.4, 0.5) is 0 Å². The summed E-state index contributed by atoms with van der Waals surface area (Å²) in [6.07, 6.45) is 6.54. The summed E-state index contributed by atoms with van der Waals surface area (Å²) in [6, 6.07) is 2.88. The van der Waals surface area contributed by atoms with Gasteiger partial charge >= 0.3 is 0 Å². The van der Waals surface area contributed by atoms with Gasteiger partial charge in [-0.3, -0.25) is 0 Å². The van der Waals surface area contributed by atoms with Crippen molar-refractivity contribution in [2.24, 2.45) is 0 Å². The second-order valence-electron chi connectivity index (χ2n) is 4.36. The van der Waals surface area contributed by atoms with Gasteiger partial charge in [-0.25, -0.2) is 4.98 Å². The molecule has 0 atom stereocenters. The summed E-state index contributed by atoms with van der Waals surface area (Å²) >= 11 is 5.25. The molecule has 2 aromatic heterocycles. The summed E-state index contributed by atoms with van der Waals surface area (Å²) in [7, 11) is 0. The van der Waals surface area contributed by atoms with Gasteiger partial charge in [-0.15, -0.1) is 11.3 Å². The Balaban J connectivity index is 1.55. The van der Waals surface area contributed by atoms with Crippen molar-refractivity contribution in [3.8, 4) is 0 Å². The maximum absolute atomic E-state index is 4.23. The highest BCUT2D eigenvalue weighted by Crippen LogP contribution is 2.35. The van der Waals surface area contributed by atoms with Crippen LogP contribution < -0.4 is 5.32 Å². The minimum Gasteiger partial charge on any atom is -0.330 e. The lowest BCUT2D eigenvalue weighted by Crippen LogP contribution is -2.14. The number of hydrogen-bond donors (Lipinski definition) is 1. The quantitative estimate of drug-likeness (QED) is 0.918. The molecule has 0 radical (unpaired) electrons. The van der Waals surface area contributed by atoms with E-state index in [1.54, 1.807) is 11.3 Å². The van der Waals surface area contributed by atoms with Crippen molar-refractivity contribution in [1.82, 2.24) is 14.9 Å². The number of nitrogens with zero attached hydrogens (tertiary/aromatic N) is 2. The van der Waals surface area contributed by atoms with Crippen molar-refractivity contribution in [1.29, 1.82) is 0 Å². The zero-order valence-electron chi connectivity index (χ0n) is 9.40. The number of halogens is 1. The van der Waals surface area contributed by atoms with Crippen LogP contribution >= 0.6 is 27.3 Å². The SMILES string of the molecule is Brc1csc(CNCc2cncn2C2CC2)c1. The van der Waals surface area contributed by atoms with E-state index >= 15 is 0 Å². The van der Waals surface area contributed by atoms with Crippen molar-refractivity contribution in [3.05, 3.63) is 39.0 Å². The molecule has 5 heteroatoms. The summed E-state index contributed by atoms with van der Waals surface area (Å²) in [5.74, 6) is 0. The van der Waals surface area contributed by atoms with Gasteiger partial charge < -0.3 is 9.88 Å². The zero-order valence-corrected chi connectivity index (χ0v) is 11.8. The standard InChI is InChI=1S/C12H14BrN3S/c13-9-3-12(17-7-9)6-14-4-11-5-15-8-16(11)10-1-2-10/h3,5,7-8,10,14H,1-2,4,6H2. The number of hydrogen-bond acceptors (Lipinski definition) is 3. The van der Waals surface area contributed by atoms with Crippen LogP contribution in [0.1, 0.15) is 29.5 Å². The molecule has 1 fully saturated rings. The molecule has 1 saturated carbocycles. The largest absolute Gasteiger partial charge is 0.330 e. The molecule has 0 spiro atoms. The smallest absolute Gasteiger partial charge is 0.0951 e. The molecule has 2 aromatic rings. The lowest BCUT2D eigenvalue weighted by atomic mass is 10.4.